The Morgan fingerprint density at radius 1 is 1.15 bits per heavy atom. The lowest BCUT2D eigenvalue weighted by Crippen LogP contribution is -2.31. The number of allylic oxidation sites excluding steroid dienone is 2. The number of halogens is 2. The molecule has 0 bridgehead atoms. The highest BCUT2D eigenvalue weighted by Crippen LogP contribution is 2.43. The third kappa shape index (κ3) is 4.37. The average Bonchev–Trinajstić information content (AvgIpc) is 3.13. The monoisotopic (exact) mass is 471 g/mol. The van der Waals surface area contributed by atoms with Crippen molar-refractivity contribution in [2.24, 2.45) is 4.99 Å². The molecule has 1 atom stereocenters. The van der Waals surface area contributed by atoms with Crippen LogP contribution >= 0.6 is 11.9 Å². The van der Waals surface area contributed by atoms with Crippen LogP contribution in [-0.2, 0) is 15.9 Å². The quantitative estimate of drug-likeness (QED) is 0.497. The first kappa shape index (κ1) is 21.6. The second-order valence-electron chi connectivity index (χ2n) is 7.79. The summed E-state index contributed by atoms with van der Waals surface area (Å²) >= 11 is 1.41. The van der Waals surface area contributed by atoms with Crippen LogP contribution in [0.5, 0.6) is 11.5 Å². The molecular formula is C24H23F2N3O3S. The van der Waals surface area contributed by atoms with Crippen LogP contribution in [0.4, 0.5) is 14.5 Å². The van der Waals surface area contributed by atoms with E-state index in [0.717, 1.165) is 28.3 Å². The number of ether oxygens (including phenoxy) is 3. The molecule has 0 saturated carbocycles. The van der Waals surface area contributed by atoms with Crippen molar-refractivity contribution in [3.8, 4) is 11.5 Å². The van der Waals surface area contributed by atoms with Crippen molar-refractivity contribution in [1.82, 2.24) is 4.72 Å². The van der Waals surface area contributed by atoms with Gasteiger partial charge in [-0.1, -0.05) is 37.3 Å². The number of para-hydroxylation sites is 2. The summed E-state index contributed by atoms with van der Waals surface area (Å²) in [7, 11) is 0. The Morgan fingerprint density at radius 2 is 1.97 bits per heavy atom. The van der Waals surface area contributed by atoms with Crippen molar-refractivity contribution >= 4 is 23.6 Å². The van der Waals surface area contributed by atoms with Crippen molar-refractivity contribution in [2.45, 2.75) is 50.3 Å². The lowest BCUT2D eigenvalue weighted by Gasteiger charge is -2.25. The van der Waals surface area contributed by atoms with Crippen molar-refractivity contribution in [1.29, 1.82) is 0 Å². The van der Waals surface area contributed by atoms with Gasteiger partial charge in [0.25, 0.3) is 0 Å². The largest absolute Gasteiger partial charge is 0.585 e. The molecule has 1 unspecified atom stereocenters. The molecule has 2 heterocycles. The number of aliphatic imine (C=N–C) groups is 1. The molecule has 0 fully saturated rings. The van der Waals surface area contributed by atoms with Crippen molar-refractivity contribution in [3.05, 3.63) is 71.2 Å². The number of alkyl halides is 2. The first-order chi connectivity index (χ1) is 15.9. The molecule has 33 heavy (non-hydrogen) atoms. The third-order valence-electron chi connectivity index (χ3n) is 5.55. The van der Waals surface area contributed by atoms with Crippen molar-refractivity contribution in [3.63, 3.8) is 0 Å². The molecule has 0 spiro atoms. The molecule has 0 amide bonds. The molecule has 9 heteroatoms. The summed E-state index contributed by atoms with van der Waals surface area (Å²) in [6.45, 7) is 3.92. The van der Waals surface area contributed by atoms with Gasteiger partial charge in [-0.15, -0.1) is 8.78 Å². The van der Waals surface area contributed by atoms with E-state index in [4.69, 9.17) is 9.47 Å². The van der Waals surface area contributed by atoms with Gasteiger partial charge >= 0.3 is 6.29 Å². The van der Waals surface area contributed by atoms with Crippen LogP contribution in [0.2, 0.25) is 0 Å². The van der Waals surface area contributed by atoms with Crippen LogP contribution in [0.25, 0.3) is 0 Å². The van der Waals surface area contributed by atoms with Crippen LogP contribution in [-0.4, -0.2) is 18.3 Å². The fourth-order valence-corrected chi connectivity index (χ4v) is 4.68. The van der Waals surface area contributed by atoms with Crippen LogP contribution in [0.15, 0.2) is 75.5 Å². The Hall–Kier alpha value is -3.20. The minimum atomic E-state index is -3.63. The summed E-state index contributed by atoms with van der Waals surface area (Å²) in [5, 5.41) is 3.30. The zero-order valence-electron chi connectivity index (χ0n) is 18.2. The van der Waals surface area contributed by atoms with E-state index in [-0.39, 0.29) is 11.5 Å². The molecule has 6 nitrogen and oxygen atoms in total. The van der Waals surface area contributed by atoms with Crippen LogP contribution in [0.1, 0.15) is 32.3 Å². The number of nitrogens with one attached hydrogen (secondary N) is 2. The van der Waals surface area contributed by atoms with Gasteiger partial charge in [0.05, 0.1) is 16.6 Å². The zero-order valence-corrected chi connectivity index (χ0v) is 19.0. The van der Waals surface area contributed by atoms with Gasteiger partial charge in [-0.3, -0.25) is 4.72 Å². The van der Waals surface area contributed by atoms with E-state index in [1.54, 1.807) is 0 Å². The highest BCUT2D eigenvalue weighted by molar-refractivity contribution is 7.98. The molecule has 2 aromatic carbocycles. The van der Waals surface area contributed by atoms with E-state index in [0.29, 0.717) is 30.1 Å². The molecule has 0 radical (unpaired) electrons. The first-order valence-corrected chi connectivity index (χ1v) is 11.6. The normalized spacial score (nSPS) is 20.5. The molecule has 3 aliphatic rings. The highest BCUT2D eigenvalue weighted by atomic mass is 32.2. The topological polar surface area (TPSA) is 64.1 Å². The fourth-order valence-electron chi connectivity index (χ4n) is 3.97. The third-order valence-corrected chi connectivity index (χ3v) is 6.40. The van der Waals surface area contributed by atoms with Gasteiger partial charge in [0, 0.05) is 12.0 Å². The van der Waals surface area contributed by atoms with E-state index >= 15 is 0 Å². The Kier molecular flexibility index (Phi) is 5.65. The Balaban J connectivity index is 1.38. The van der Waals surface area contributed by atoms with Gasteiger partial charge in [-0.05, 0) is 55.5 Å². The molecule has 0 saturated heterocycles. The number of rotatable bonds is 5. The van der Waals surface area contributed by atoms with Gasteiger partial charge in [0.15, 0.2) is 11.5 Å². The summed E-state index contributed by atoms with van der Waals surface area (Å²) in [6, 6.07) is 13.3. The lowest BCUT2D eigenvalue weighted by atomic mass is 9.98. The maximum Gasteiger partial charge on any atom is 0.585 e. The van der Waals surface area contributed by atoms with Crippen LogP contribution in [0, 0.1) is 0 Å². The maximum absolute atomic E-state index is 13.6. The predicted octanol–water partition coefficient (Wildman–Crippen LogP) is 6.34. The molecule has 5 rings (SSSR count). The standard InChI is InChI=1S/C24H23F2N3O3S/c1-3-15-8-4-5-10-17(15)30-18-11-7-13-20-21(18)28-23(29-33-20)27-14(2)16-9-6-12-19-22(16)32-24(25,26)31-19/h4-5,7-11,13-14H,3,6,12H2,1-2H3,(H2,27,28,29). The number of anilines is 1. The number of guanidine groups is 1. The molecule has 2 N–H and O–H groups in total. The summed E-state index contributed by atoms with van der Waals surface area (Å²) in [5.41, 5.74) is 2.49. The Labute approximate surface area is 194 Å². The van der Waals surface area contributed by atoms with E-state index in [9.17, 15) is 8.78 Å². The second-order valence-corrected chi connectivity index (χ2v) is 8.64. The van der Waals surface area contributed by atoms with Gasteiger partial charge in [-0.25, -0.2) is 4.99 Å². The summed E-state index contributed by atoms with van der Waals surface area (Å²) in [6.07, 6.45) is 0.0843. The Bertz CT molecular complexity index is 1180. The highest BCUT2D eigenvalue weighted by Gasteiger charge is 2.47. The predicted molar refractivity (Wildman–Crippen MR) is 123 cm³/mol. The zero-order chi connectivity index (χ0) is 23.0. The SMILES string of the molecule is CCc1ccccc1Oc1cccc2c1NC(=NC(C)C1=CCCC3=C1OC(F)(F)O3)NS2. The smallest absolute Gasteiger partial charge is 0.455 e. The van der Waals surface area contributed by atoms with Crippen molar-refractivity contribution < 1.29 is 23.0 Å². The second kappa shape index (κ2) is 8.62. The summed E-state index contributed by atoms with van der Waals surface area (Å²) in [5.74, 6) is 2.25. The van der Waals surface area contributed by atoms with E-state index in [1.807, 2.05) is 55.5 Å². The van der Waals surface area contributed by atoms with Gasteiger partial charge in [-0.2, -0.15) is 0 Å². The van der Waals surface area contributed by atoms with Gasteiger partial charge in [0.1, 0.15) is 11.5 Å². The molecule has 2 aliphatic heterocycles. The molecule has 1 aliphatic carbocycles. The number of benzene rings is 2. The molecular weight excluding hydrogens is 448 g/mol. The fraction of sp³-hybridized carbons (Fsp3) is 0.292. The summed E-state index contributed by atoms with van der Waals surface area (Å²) < 4.78 is 46.0. The lowest BCUT2D eigenvalue weighted by molar-refractivity contribution is -0.337. The number of aryl methyl sites for hydroxylation is 1. The number of fused-ring (bicyclic) bond motifs is 1. The number of hydrogen-bond acceptors (Lipinski definition) is 5. The van der Waals surface area contributed by atoms with Crippen LogP contribution < -0.4 is 14.8 Å². The number of nitrogens with zero attached hydrogens (tertiary/aromatic N) is 1. The average molecular weight is 472 g/mol. The van der Waals surface area contributed by atoms with Gasteiger partial charge in [0.2, 0.25) is 5.96 Å². The van der Waals surface area contributed by atoms with Crippen LogP contribution in [0.3, 0.4) is 0 Å². The Morgan fingerprint density at radius 3 is 2.82 bits per heavy atom. The first-order valence-electron chi connectivity index (χ1n) is 10.8. The van der Waals surface area contributed by atoms with E-state index in [2.05, 4.69) is 26.7 Å². The summed E-state index contributed by atoms with van der Waals surface area (Å²) in [4.78, 5) is 5.64. The molecule has 0 aromatic heterocycles. The van der Waals surface area contributed by atoms with E-state index < -0.39 is 12.3 Å². The van der Waals surface area contributed by atoms with Crippen molar-refractivity contribution in [2.75, 3.05) is 5.32 Å². The number of hydrogen-bond donors (Lipinski definition) is 2. The maximum atomic E-state index is 13.6. The minimum Gasteiger partial charge on any atom is -0.455 e. The van der Waals surface area contributed by atoms with E-state index in [1.165, 1.54) is 11.9 Å². The van der Waals surface area contributed by atoms with Gasteiger partial charge < -0.3 is 19.5 Å². The minimum absolute atomic E-state index is 0.0900. The molecule has 2 aromatic rings. The molecule has 172 valence electrons.